The first kappa shape index (κ1) is 17.7. The molecule has 2 aromatic carbocycles. The lowest BCUT2D eigenvalue weighted by atomic mass is 10.1. The van der Waals surface area contributed by atoms with Crippen LogP contribution in [0.1, 0.15) is 16.8 Å². The van der Waals surface area contributed by atoms with Gasteiger partial charge in [-0.2, -0.15) is 5.26 Å². The van der Waals surface area contributed by atoms with Gasteiger partial charge in [0, 0.05) is 5.39 Å². The minimum Gasteiger partial charge on any atom is -0.482 e. The van der Waals surface area contributed by atoms with Crippen molar-refractivity contribution in [3.05, 3.63) is 70.4 Å². The van der Waals surface area contributed by atoms with Crippen molar-refractivity contribution in [3.8, 4) is 11.8 Å². The molecule has 0 radical (unpaired) electrons. The molecular weight excluding hydrogens is 352 g/mol. The van der Waals surface area contributed by atoms with E-state index in [-0.39, 0.29) is 13.2 Å². The summed E-state index contributed by atoms with van der Waals surface area (Å²) in [6, 6.07) is 16.1. The molecule has 3 rings (SSSR count). The number of nitrogens with zero attached hydrogens (tertiary/aromatic N) is 2. The van der Waals surface area contributed by atoms with Crippen molar-refractivity contribution < 1.29 is 14.3 Å². The van der Waals surface area contributed by atoms with E-state index in [9.17, 15) is 4.79 Å². The van der Waals surface area contributed by atoms with E-state index in [0.29, 0.717) is 22.0 Å². The maximum absolute atomic E-state index is 11.9. The smallest absolute Gasteiger partial charge is 0.344 e. The number of carbonyl (C=O) groups is 1. The highest BCUT2D eigenvalue weighted by molar-refractivity contribution is 6.32. The van der Waals surface area contributed by atoms with Crippen molar-refractivity contribution in [1.29, 1.82) is 5.26 Å². The minimum absolute atomic E-state index is 0.0277. The predicted octanol–water partition coefficient (Wildman–Crippen LogP) is 4.19. The van der Waals surface area contributed by atoms with Gasteiger partial charge in [-0.1, -0.05) is 29.8 Å². The fourth-order valence-electron chi connectivity index (χ4n) is 2.47. The number of aromatic nitrogens is 1. The maximum atomic E-state index is 11.9. The van der Waals surface area contributed by atoms with E-state index in [2.05, 4.69) is 4.98 Å². The van der Waals surface area contributed by atoms with Gasteiger partial charge in [0.15, 0.2) is 6.61 Å². The van der Waals surface area contributed by atoms with Crippen LogP contribution >= 0.6 is 11.6 Å². The molecule has 0 fully saturated rings. The van der Waals surface area contributed by atoms with Crippen LogP contribution in [0.25, 0.3) is 10.9 Å². The first-order chi connectivity index (χ1) is 12.6. The van der Waals surface area contributed by atoms with Gasteiger partial charge in [0.2, 0.25) is 0 Å². The second-order valence-electron chi connectivity index (χ2n) is 5.60. The zero-order valence-corrected chi connectivity index (χ0v) is 14.8. The summed E-state index contributed by atoms with van der Waals surface area (Å²) < 4.78 is 10.6. The Hall–Kier alpha value is -3.10. The molecule has 0 aliphatic carbocycles. The summed E-state index contributed by atoms with van der Waals surface area (Å²) >= 11 is 6.35. The van der Waals surface area contributed by atoms with Crippen LogP contribution in [0.3, 0.4) is 0 Å². The number of aryl methyl sites for hydroxylation is 1. The summed E-state index contributed by atoms with van der Waals surface area (Å²) in [7, 11) is 0. The fourth-order valence-corrected chi connectivity index (χ4v) is 2.67. The molecule has 0 N–H and O–H groups in total. The first-order valence-corrected chi connectivity index (χ1v) is 8.28. The van der Waals surface area contributed by atoms with Crippen molar-refractivity contribution in [2.75, 3.05) is 6.61 Å². The predicted molar refractivity (Wildman–Crippen MR) is 97.9 cm³/mol. The maximum Gasteiger partial charge on any atom is 0.344 e. The summed E-state index contributed by atoms with van der Waals surface area (Å²) in [5, 5.41) is 10.2. The molecular formula is C20H15ClN2O3. The van der Waals surface area contributed by atoms with E-state index in [1.54, 1.807) is 24.3 Å². The van der Waals surface area contributed by atoms with Crippen LogP contribution in [0, 0.1) is 18.3 Å². The van der Waals surface area contributed by atoms with Gasteiger partial charge in [0.1, 0.15) is 12.4 Å². The van der Waals surface area contributed by atoms with Crippen molar-refractivity contribution >= 4 is 28.5 Å². The van der Waals surface area contributed by atoms with Crippen LogP contribution < -0.4 is 4.74 Å². The van der Waals surface area contributed by atoms with Gasteiger partial charge in [-0.05, 0) is 42.8 Å². The summed E-state index contributed by atoms with van der Waals surface area (Å²) in [5.74, 6) is -0.0447. The van der Waals surface area contributed by atoms with E-state index >= 15 is 0 Å². The zero-order chi connectivity index (χ0) is 18.5. The lowest BCUT2D eigenvalue weighted by Crippen LogP contribution is -2.15. The summed E-state index contributed by atoms with van der Waals surface area (Å²) in [4.78, 5) is 16.4. The third kappa shape index (κ3) is 3.93. The molecule has 5 nitrogen and oxygen atoms in total. The van der Waals surface area contributed by atoms with E-state index in [1.807, 2.05) is 37.3 Å². The van der Waals surface area contributed by atoms with Gasteiger partial charge >= 0.3 is 5.97 Å². The normalized spacial score (nSPS) is 10.3. The number of halogens is 1. The molecule has 26 heavy (non-hydrogen) atoms. The number of pyridine rings is 1. The van der Waals surface area contributed by atoms with Gasteiger partial charge in [0.05, 0.1) is 27.9 Å². The van der Waals surface area contributed by atoms with E-state index in [4.69, 9.17) is 26.3 Å². The first-order valence-electron chi connectivity index (χ1n) is 7.91. The molecule has 1 heterocycles. The second-order valence-corrected chi connectivity index (χ2v) is 5.98. The number of para-hydroxylation sites is 1. The Morgan fingerprint density at radius 2 is 1.92 bits per heavy atom. The Balaban J connectivity index is 1.61. The highest BCUT2D eigenvalue weighted by Crippen LogP contribution is 2.27. The molecule has 0 saturated carbocycles. The van der Waals surface area contributed by atoms with Crippen LogP contribution in [0.5, 0.6) is 5.75 Å². The van der Waals surface area contributed by atoms with E-state index in [0.717, 1.165) is 16.5 Å². The average Bonchev–Trinajstić information content (AvgIpc) is 2.68. The number of hydrogen-bond donors (Lipinski definition) is 0. The van der Waals surface area contributed by atoms with Crippen LogP contribution in [0.2, 0.25) is 5.02 Å². The highest BCUT2D eigenvalue weighted by Gasteiger charge is 2.12. The number of ether oxygens (including phenoxy) is 2. The second kappa shape index (κ2) is 7.85. The van der Waals surface area contributed by atoms with E-state index in [1.165, 1.54) is 0 Å². The Morgan fingerprint density at radius 3 is 2.65 bits per heavy atom. The molecule has 0 bridgehead atoms. The van der Waals surface area contributed by atoms with Crippen molar-refractivity contribution in [1.82, 2.24) is 4.98 Å². The number of esters is 1. The average molecular weight is 367 g/mol. The zero-order valence-electron chi connectivity index (χ0n) is 14.0. The Labute approximate surface area is 155 Å². The van der Waals surface area contributed by atoms with Crippen molar-refractivity contribution in [2.45, 2.75) is 13.5 Å². The third-order valence-corrected chi connectivity index (χ3v) is 4.36. The molecule has 0 aliphatic heterocycles. The molecule has 0 unspecified atom stereocenters. The molecule has 1 aromatic heterocycles. The molecule has 3 aromatic rings. The van der Waals surface area contributed by atoms with E-state index < -0.39 is 5.97 Å². The number of hydrogen-bond acceptors (Lipinski definition) is 5. The van der Waals surface area contributed by atoms with Gasteiger partial charge in [0.25, 0.3) is 0 Å². The van der Waals surface area contributed by atoms with Crippen molar-refractivity contribution in [2.24, 2.45) is 0 Å². The molecule has 0 aliphatic rings. The molecule has 0 amide bonds. The number of fused-ring (bicyclic) bond motifs is 1. The largest absolute Gasteiger partial charge is 0.482 e. The molecule has 0 spiro atoms. The lowest BCUT2D eigenvalue weighted by molar-refractivity contribution is -0.147. The molecule has 6 heteroatoms. The van der Waals surface area contributed by atoms with Gasteiger partial charge in [-0.3, -0.25) is 0 Å². The van der Waals surface area contributed by atoms with Gasteiger partial charge in [-0.15, -0.1) is 0 Å². The molecule has 130 valence electrons. The SMILES string of the molecule is Cc1c(Cl)c(COC(=O)COc2ccc(C#N)cc2)nc2ccccc12. The monoisotopic (exact) mass is 366 g/mol. The Morgan fingerprint density at radius 1 is 1.19 bits per heavy atom. The van der Waals surface area contributed by atoms with Crippen molar-refractivity contribution in [3.63, 3.8) is 0 Å². The molecule has 0 atom stereocenters. The van der Waals surface area contributed by atoms with Gasteiger partial charge < -0.3 is 9.47 Å². The lowest BCUT2D eigenvalue weighted by Gasteiger charge is -2.11. The van der Waals surface area contributed by atoms with Crippen LogP contribution in [-0.2, 0) is 16.1 Å². The quantitative estimate of drug-likeness (QED) is 0.633. The standard InChI is InChI=1S/C20H15ClN2O3/c1-13-16-4-2-3-5-17(16)23-18(20(13)21)11-26-19(24)12-25-15-8-6-14(10-22)7-9-15/h2-9H,11-12H2,1H3. The summed E-state index contributed by atoms with van der Waals surface area (Å²) in [5.41, 5.74) is 2.73. The number of carbonyl (C=O) groups excluding carboxylic acids is 1. The number of nitriles is 1. The van der Waals surface area contributed by atoms with Crippen LogP contribution in [0.4, 0.5) is 0 Å². The third-order valence-electron chi connectivity index (χ3n) is 3.86. The topological polar surface area (TPSA) is 72.2 Å². The van der Waals surface area contributed by atoms with Crippen LogP contribution in [0.15, 0.2) is 48.5 Å². The highest BCUT2D eigenvalue weighted by atomic mass is 35.5. The van der Waals surface area contributed by atoms with Crippen LogP contribution in [-0.4, -0.2) is 17.6 Å². The Bertz CT molecular complexity index is 994. The van der Waals surface area contributed by atoms with Gasteiger partial charge in [-0.25, -0.2) is 9.78 Å². The number of benzene rings is 2. The Kier molecular flexibility index (Phi) is 5.35. The fraction of sp³-hybridized carbons (Fsp3) is 0.150. The molecule has 0 saturated heterocycles. The summed E-state index contributed by atoms with van der Waals surface area (Å²) in [6.07, 6.45) is 0. The minimum atomic E-state index is -0.530. The summed E-state index contributed by atoms with van der Waals surface area (Å²) in [6.45, 7) is 1.64. The number of rotatable bonds is 5.